The van der Waals surface area contributed by atoms with Crippen LogP contribution in [0.3, 0.4) is 0 Å². The monoisotopic (exact) mass is 385 g/mol. The van der Waals surface area contributed by atoms with Crippen LogP contribution in [0.5, 0.6) is 11.5 Å². The van der Waals surface area contributed by atoms with Crippen LogP contribution in [0.15, 0.2) is 48.5 Å². The highest BCUT2D eigenvalue weighted by Crippen LogP contribution is 2.28. The van der Waals surface area contributed by atoms with Gasteiger partial charge >= 0.3 is 5.97 Å². The van der Waals surface area contributed by atoms with E-state index in [1.807, 2.05) is 0 Å². The molecule has 8 heteroatoms. The Labute approximate surface area is 161 Å². The lowest BCUT2D eigenvalue weighted by atomic mass is 10.1. The predicted octanol–water partition coefficient (Wildman–Crippen LogP) is 3.44. The summed E-state index contributed by atoms with van der Waals surface area (Å²) in [6, 6.07) is 10.8. The topological polar surface area (TPSA) is 105 Å². The molecule has 0 aliphatic heterocycles. The summed E-state index contributed by atoms with van der Waals surface area (Å²) < 4.78 is 15.2. The van der Waals surface area contributed by atoms with Crippen LogP contribution in [0.1, 0.15) is 22.3 Å². The molecule has 0 amide bonds. The van der Waals surface area contributed by atoms with Crippen LogP contribution in [0.25, 0.3) is 6.08 Å². The Balaban J connectivity index is 1.91. The molecule has 0 fully saturated rings. The highest BCUT2D eigenvalue weighted by molar-refractivity contribution is 6.06. The molecule has 2 aromatic rings. The number of nitro groups is 1. The molecule has 0 aromatic heterocycles. The maximum absolute atomic E-state index is 12.2. The van der Waals surface area contributed by atoms with Gasteiger partial charge in [0.25, 0.3) is 5.69 Å². The third-order valence-corrected chi connectivity index (χ3v) is 3.78. The Bertz CT molecular complexity index is 905. The molecule has 28 heavy (non-hydrogen) atoms. The van der Waals surface area contributed by atoms with Gasteiger partial charge in [0.15, 0.2) is 17.3 Å². The highest BCUT2D eigenvalue weighted by atomic mass is 16.6. The molecule has 0 heterocycles. The van der Waals surface area contributed by atoms with Gasteiger partial charge in [0.05, 0.1) is 24.7 Å². The first kappa shape index (κ1) is 20.6. The molecule has 0 atom stereocenters. The van der Waals surface area contributed by atoms with Crippen molar-refractivity contribution in [3.05, 3.63) is 69.8 Å². The van der Waals surface area contributed by atoms with Crippen LogP contribution in [0.4, 0.5) is 5.69 Å². The summed E-state index contributed by atoms with van der Waals surface area (Å²) in [4.78, 5) is 34.5. The van der Waals surface area contributed by atoms with Crippen molar-refractivity contribution in [2.75, 3.05) is 20.8 Å². The van der Waals surface area contributed by atoms with E-state index in [1.165, 1.54) is 44.6 Å². The molecule has 0 saturated heterocycles. The van der Waals surface area contributed by atoms with E-state index in [-0.39, 0.29) is 12.3 Å². The zero-order valence-corrected chi connectivity index (χ0v) is 15.4. The van der Waals surface area contributed by atoms with Crippen molar-refractivity contribution in [1.82, 2.24) is 0 Å². The number of esters is 1. The first-order valence-electron chi connectivity index (χ1n) is 8.27. The van der Waals surface area contributed by atoms with E-state index in [1.54, 1.807) is 24.3 Å². The van der Waals surface area contributed by atoms with Crippen molar-refractivity contribution in [2.24, 2.45) is 0 Å². The van der Waals surface area contributed by atoms with E-state index < -0.39 is 23.1 Å². The van der Waals surface area contributed by atoms with Crippen molar-refractivity contribution in [3.63, 3.8) is 0 Å². The molecule has 0 N–H and O–H groups in total. The van der Waals surface area contributed by atoms with Gasteiger partial charge in [0, 0.05) is 11.6 Å². The molecule has 0 aliphatic carbocycles. The van der Waals surface area contributed by atoms with Crippen LogP contribution in [0, 0.1) is 10.1 Å². The molecule has 2 rings (SSSR count). The Morgan fingerprint density at radius 3 is 2.46 bits per heavy atom. The van der Waals surface area contributed by atoms with Crippen LogP contribution < -0.4 is 9.47 Å². The average Bonchev–Trinajstić information content (AvgIpc) is 2.70. The first-order chi connectivity index (χ1) is 13.5. The van der Waals surface area contributed by atoms with E-state index in [0.29, 0.717) is 22.6 Å². The SMILES string of the molecule is COc1ccc(C(=O)CC(=O)OC/C=C/c2ccccc2[N+](=O)[O-])cc1OC. The smallest absolute Gasteiger partial charge is 0.314 e. The van der Waals surface area contributed by atoms with Crippen molar-refractivity contribution in [2.45, 2.75) is 6.42 Å². The minimum atomic E-state index is -0.702. The van der Waals surface area contributed by atoms with Crippen molar-refractivity contribution in [1.29, 1.82) is 0 Å². The molecule has 0 unspecified atom stereocenters. The second kappa shape index (κ2) is 9.86. The summed E-state index contributed by atoms with van der Waals surface area (Å²) in [6.45, 7) is -0.107. The molecule has 146 valence electrons. The zero-order chi connectivity index (χ0) is 20.5. The molecular weight excluding hydrogens is 366 g/mol. The summed E-state index contributed by atoms with van der Waals surface area (Å²) in [5.74, 6) is -0.267. The summed E-state index contributed by atoms with van der Waals surface area (Å²) in [7, 11) is 2.93. The fraction of sp³-hybridized carbons (Fsp3) is 0.200. The fourth-order valence-corrected chi connectivity index (χ4v) is 2.40. The van der Waals surface area contributed by atoms with Gasteiger partial charge in [0.1, 0.15) is 13.0 Å². The third-order valence-electron chi connectivity index (χ3n) is 3.78. The maximum Gasteiger partial charge on any atom is 0.314 e. The number of carbonyl (C=O) groups excluding carboxylic acids is 2. The lowest BCUT2D eigenvalue weighted by Crippen LogP contribution is -2.11. The van der Waals surface area contributed by atoms with Gasteiger partial charge in [-0.2, -0.15) is 0 Å². The summed E-state index contributed by atoms with van der Waals surface area (Å²) in [5, 5.41) is 10.9. The Morgan fingerprint density at radius 2 is 1.79 bits per heavy atom. The number of benzene rings is 2. The number of ketones is 1. The van der Waals surface area contributed by atoms with Gasteiger partial charge < -0.3 is 14.2 Å². The van der Waals surface area contributed by atoms with Gasteiger partial charge in [-0.1, -0.05) is 12.1 Å². The number of nitrogens with zero attached hydrogens (tertiary/aromatic N) is 1. The van der Waals surface area contributed by atoms with Gasteiger partial charge in [0.2, 0.25) is 0 Å². The van der Waals surface area contributed by atoms with Crippen molar-refractivity contribution in [3.8, 4) is 11.5 Å². The van der Waals surface area contributed by atoms with Gasteiger partial charge in [-0.25, -0.2) is 0 Å². The van der Waals surface area contributed by atoms with Gasteiger partial charge in [-0.05, 0) is 36.4 Å². The van der Waals surface area contributed by atoms with Gasteiger partial charge in [-0.3, -0.25) is 19.7 Å². The molecule has 0 saturated carbocycles. The first-order valence-corrected chi connectivity index (χ1v) is 8.27. The van der Waals surface area contributed by atoms with Crippen LogP contribution >= 0.6 is 0 Å². The summed E-state index contributed by atoms with van der Waals surface area (Å²) in [6.07, 6.45) is 2.53. The second-order valence-corrected chi connectivity index (χ2v) is 5.57. The maximum atomic E-state index is 12.2. The lowest BCUT2D eigenvalue weighted by molar-refractivity contribution is -0.385. The molecule has 2 aromatic carbocycles. The Kier molecular flexibility index (Phi) is 7.27. The quantitative estimate of drug-likeness (QED) is 0.214. The van der Waals surface area contributed by atoms with Gasteiger partial charge in [-0.15, -0.1) is 0 Å². The number of ether oxygens (including phenoxy) is 3. The molecule has 0 bridgehead atoms. The normalized spacial score (nSPS) is 10.5. The molecule has 0 aliphatic rings. The third kappa shape index (κ3) is 5.41. The summed E-state index contributed by atoms with van der Waals surface area (Å²) in [5.41, 5.74) is 0.642. The molecule has 0 radical (unpaired) electrons. The highest BCUT2D eigenvalue weighted by Gasteiger charge is 2.15. The standard InChI is InChI=1S/C20H19NO7/c1-26-18-10-9-15(12-19(18)27-2)17(22)13-20(23)28-11-5-7-14-6-3-4-8-16(14)21(24)25/h3-10,12H,11,13H2,1-2H3/b7-5+. The van der Waals surface area contributed by atoms with E-state index in [4.69, 9.17) is 14.2 Å². The van der Waals surface area contributed by atoms with Crippen LogP contribution in [-0.2, 0) is 9.53 Å². The lowest BCUT2D eigenvalue weighted by Gasteiger charge is -2.09. The number of methoxy groups -OCH3 is 2. The number of hydrogen-bond acceptors (Lipinski definition) is 7. The van der Waals surface area contributed by atoms with Crippen molar-refractivity contribution < 1.29 is 28.7 Å². The molecule has 8 nitrogen and oxygen atoms in total. The fourth-order valence-electron chi connectivity index (χ4n) is 2.40. The minimum absolute atomic E-state index is 0.0475. The number of nitro benzene ring substituents is 1. The Morgan fingerprint density at radius 1 is 1.07 bits per heavy atom. The minimum Gasteiger partial charge on any atom is -0.493 e. The number of hydrogen-bond donors (Lipinski definition) is 0. The number of carbonyl (C=O) groups is 2. The van der Waals surface area contributed by atoms with Crippen molar-refractivity contribution >= 4 is 23.5 Å². The van der Waals surface area contributed by atoms with Crippen LogP contribution in [0.2, 0.25) is 0 Å². The number of Topliss-reactive ketones (excluding diaryl/α,β-unsaturated/α-hetero) is 1. The Hall–Kier alpha value is -3.68. The molecule has 0 spiro atoms. The zero-order valence-electron chi connectivity index (χ0n) is 15.4. The van der Waals surface area contributed by atoms with E-state index in [2.05, 4.69) is 0 Å². The summed E-state index contributed by atoms with van der Waals surface area (Å²) >= 11 is 0. The van der Waals surface area contributed by atoms with E-state index in [9.17, 15) is 19.7 Å². The molecular formula is C20H19NO7. The average molecular weight is 385 g/mol. The largest absolute Gasteiger partial charge is 0.493 e. The number of para-hydroxylation sites is 1. The van der Waals surface area contributed by atoms with Crippen LogP contribution in [-0.4, -0.2) is 37.5 Å². The predicted molar refractivity (Wildman–Crippen MR) is 102 cm³/mol. The van der Waals surface area contributed by atoms with E-state index in [0.717, 1.165) is 0 Å². The number of rotatable bonds is 9. The van der Waals surface area contributed by atoms with E-state index >= 15 is 0 Å². The second-order valence-electron chi connectivity index (χ2n) is 5.57.